The van der Waals surface area contributed by atoms with Crippen molar-refractivity contribution in [1.82, 2.24) is 0 Å². The van der Waals surface area contributed by atoms with Crippen molar-refractivity contribution in [3.63, 3.8) is 0 Å². The highest BCUT2D eigenvalue weighted by Crippen LogP contribution is 2.49. The maximum Gasteiger partial charge on any atom is 0.418 e. The van der Waals surface area contributed by atoms with Gasteiger partial charge in [-0.15, -0.1) is 0 Å². The van der Waals surface area contributed by atoms with Crippen molar-refractivity contribution in [3.8, 4) is 11.8 Å². The predicted octanol–water partition coefficient (Wildman–Crippen LogP) is 7.51. The zero-order chi connectivity index (χ0) is 29.5. The second-order valence-electron chi connectivity index (χ2n) is 10.6. The van der Waals surface area contributed by atoms with Crippen LogP contribution in [0.3, 0.4) is 0 Å². The molecule has 8 heteroatoms. The highest BCUT2D eigenvalue weighted by Gasteiger charge is 2.43. The minimum atomic E-state index is -4.65. The van der Waals surface area contributed by atoms with Crippen molar-refractivity contribution in [2.75, 3.05) is 4.90 Å². The van der Waals surface area contributed by atoms with Gasteiger partial charge in [0.05, 0.1) is 28.8 Å². The number of ketones is 1. The number of hydrogen-bond acceptors (Lipinski definition) is 5. The Hall–Kier alpha value is -4.51. The number of hydrogen-bond donors (Lipinski definition) is 1. The van der Waals surface area contributed by atoms with E-state index in [1.54, 1.807) is 0 Å². The van der Waals surface area contributed by atoms with Crippen molar-refractivity contribution in [1.29, 1.82) is 5.26 Å². The van der Waals surface area contributed by atoms with Crippen LogP contribution in [0, 0.1) is 32.1 Å². The van der Waals surface area contributed by atoms with Gasteiger partial charge >= 0.3 is 6.18 Å². The molecular weight excluding hydrogens is 527 g/mol. The van der Waals surface area contributed by atoms with E-state index in [-0.39, 0.29) is 35.9 Å². The number of ether oxygens (including phenoxy) is 1. The molecule has 0 fully saturated rings. The molecule has 2 N–H and O–H groups in total. The van der Waals surface area contributed by atoms with E-state index in [2.05, 4.69) is 6.07 Å². The molecule has 3 aromatic rings. The molecule has 0 saturated carbocycles. The van der Waals surface area contributed by atoms with Gasteiger partial charge in [-0.25, -0.2) is 0 Å². The van der Waals surface area contributed by atoms with Crippen LogP contribution in [0.5, 0.6) is 5.75 Å². The normalized spacial score (nSPS) is 17.4. The Balaban J connectivity index is 1.65. The fourth-order valence-electron chi connectivity index (χ4n) is 5.76. The monoisotopic (exact) mass is 557 g/mol. The molecule has 1 atom stereocenters. The number of halogens is 3. The molecule has 0 spiro atoms. The van der Waals surface area contributed by atoms with E-state index < -0.39 is 17.7 Å². The minimum absolute atomic E-state index is 0.0494. The SMILES string of the molecule is Cc1ccc(OCc2cc(C3C(C#N)=C(N)N(c4ccccc4C(F)(F)F)C4=C3C(=O)CCC4)c(C)cc2C)cc1. The zero-order valence-electron chi connectivity index (χ0n) is 23.1. The lowest BCUT2D eigenvalue weighted by molar-refractivity contribution is -0.137. The summed E-state index contributed by atoms with van der Waals surface area (Å²) < 4.78 is 48.2. The van der Waals surface area contributed by atoms with Gasteiger partial charge in [0.25, 0.3) is 0 Å². The molecule has 0 bridgehead atoms. The highest BCUT2D eigenvalue weighted by atomic mass is 19.4. The molecule has 0 saturated heterocycles. The van der Waals surface area contributed by atoms with Gasteiger partial charge in [-0.3, -0.25) is 9.69 Å². The fraction of sp³-hybridized carbons (Fsp3) is 0.273. The summed E-state index contributed by atoms with van der Waals surface area (Å²) in [5.41, 5.74) is 10.8. The zero-order valence-corrected chi connectivity index (χ0v) is 23.1. The maximum absolute atomic E-state index is 14.1. The predicted molar refractivity (Wildman–Crippen MR) is 151 cm³/mol. The van der Waals surface area contributed by atoms with E-state index >= 15 is 0 Å². The van der Waals surface area contributed by atoms with Crippen molar-refractivity contribution in [2.24, 2.45) is 5.73 Å². The smallest absolute Gasteiger partial charge is 0.418 e. The average molecular weight is 558 g/mol. The molecule has 2 aliphatic rings. The molecule has 5 nitrogen and oxygen atoms in total. The molecule has 1 aliphatic heterocycles. The Kier molecular flexibility index (Phi) is 7.39. The lowest BCUT2D eigenvalue weighted by Crippen LogP contribution is -2.39. The first-order valence-corrected chi connectivity index (χ1v) is 13.4. The summed E-state index contributed by atoms with van der Waals surface area (Å²) in [6.07, 6.45) is -3.57. The van der Waals surface area contributed by atoms with E-state index in [9.17, 15) is 23.2 Å². The van der Waals surface area contributed by atoms with Gasteiger partial charge in [0.2, 0.25) is 0 Å². The Labute approximate surface area is 237 Å². The molecule has 1 unspecified atom stereocenters. The number of alkyl halides is 3. The van der Waals surface area contributed by atoms with E-state index in [0.29, 0.717) is 35.4 Å². The third kappa shape index (κ3) is 5.20. The molecule has 3 aromatic carbocycles. The summed E-state index contributed by atoms with van der Waals surface area (Å²) in [6, 6.07) is 18.9. The summed E-state index contributed by atoms with van der Waals surface area (Å²) in [4.78, 5) is 14.8. The van der Waals surface area contributed by atoms with Crippen LogP contribution in [0.4, 0.5) is 18.9 Å². The number of allylic oxidation sites excluding steroid dienone is 3. The lowest BCUT2D eigenvalue weighted by atomic mass is 9.74. The van der Waals surface area contributed by atoms with Gasteiger partial charge in [-0.2, -0.15) is 18.4 Å². The molecule has 5 rings (SSSR count). The molecule has 210 valence electrons. The summed E-state index contributed by atoms with van der Waals surface area (Å²) in [5, 5.41) is 10.4. The Morgan fingerprint density at radius 1 is 1.02 bits per heavy atom. The van der Waals surface area contributed by atoms with Crippen molar-refractivity contribution < 1.29 is 22.7 Å². The minimum Gasteiger partial charge on any atom is -0.489 e. The number of carbonyl (C=O) groups is 1. The third-order valence-corrected chi connectivity index (χ3v) is 7.81. The van der Waals surface area contributed by atoms with Crippen LogP contribution in [0.2, 0.25) is 0 Å². The van der Waals surface area contributed by atoms with E-state index in [4.69, 9.17) is 10.5 Å². The number of rotatable bonds is 5. The maximum atomic E-state index is 14.1. The van der Waals surface area contributed by atoms with Crippen molar-refractivity contribution in [2.45, 2.75) is 58.7 Å². The van der Waals surface area contributed by atoms with Crippen LogP contribution in [0.15, 0.2) is 83.3 Å². The number of anilines is 1. The number of nitriles is 1. The number of carbonyl (C=O) groups excluding carboxylic acids is 1. The highest BCUT2D eigenvalue weighted by molar-refractivity contribution is 6.01. The fourth-order valence-corrected chi connectivity index (χ4v) is 5.76. The second-order valence-corrected chi connectivity index (χ2v) is 10.6. The summed E-state index contributed by atoms with van der Waals surface area (Å²) in [5.74, 6) is -0.373. The van der Waals surface area contributed by atoms with Crippen LogP contribution >= 0.6 is 0 Å². The largest absolute Gasteiger partial charge is 0.489 e. The Morgan fingerprint density at radius 2 is 1.73 bits per heavy atom. The topological polar surface area (TPSA) is 79.3 Å². The standard InChI is InChI=1S/C33H30F3N3O2/c1-19-11-13-23(14-12-19)41-18-22-16-24(21(3)15-20(22)2)30-25(17-37)32(38)39(28-9-6-10-29(40)31(28)30)27-8-5-4-7-26(27)33(34,35)36/h4-5,7-8,11-16,30H,6,9-10,18,38H2,1-3H3. The number of Topliss-reactive ketones (excluding diaryl/α,β-unsaturated/α-hetero) is 1. The van der Waals surface area contributed by atoms with Crippen LogP contribution in [0.25, 0.3) is 0 Å². The van der Waals surface area contributed by atoms with Gasteiger partial charge in [0.15, 0.2) is 5.78 Å². The van der Waals surface area contributed by atoms with Crippen LogP contribution in [0.1, 0.15) is 58.6 Å². The van der Waals surface area contributed by atoms with Gasteiger partial charge in [0, 0.05) is 17.7 Å². The molecule has 41 heavy (non-hydrogen) atoms. The number of benzene rings is 3. The number of aryl methyl sites for hydroxylation is 3. The van der Waals surface area contributed by atoms with Crippen LogP contribution in [-0.4, -0.2) is 5.78 Å². The summed E-state index contributed by atoms with van der Waals surface area (Å²) in [6.45, 7) is 6.12. The van der Waals surface area contributed by atoms with E-state index in [1.165, 1.54) is 23.1 Å². The third-order valence-electron chi connectivity index (χ3n) is 7.81. The molecule has 1 aliphatic carbocycles. The first-order valence-electron chi connectivity index (χ1n) is 13.4. The Bertz CT molecular complexity index is 1630. The van der Waals surface area contributed by atoms with Gasteiger partial charge in [-0.05, 0) is 80.1 Å². The first-order chi connectivity index (χ1) is 19.5. The summed E-state index contributed by atoms with van der Waals surface area (Å²) >= 11 is 0. The van der Waals surface area contributed by atoms with Gasteiger partial charge in [0.1, 0.15) is 18.2 Å². The van der Waals surface area contributed by atoms with Gasteiger partial charge < -0.3 is 10.5 Å². The number of nitrogens with zero attached hydrogens (tertiary/aromatic N) is 2. The molecule has 0 radical (unpaired) electrons. The second kappa shape index (κ2) is 10.8. The Morgan fingerprint density at radius 3 is 2.41 bits per heavy atom. The van der Waals surface area contributed by atoms with Crippen LogP contribution in [-0.2, 0) is 17.6 Å². The molecule has 0 amide bonds. The molecule has 1 heterocycles. The average Bonchev–Trinajstić information content (AvgIpc) is 2.93. The van der Waals surface area contributed by atoms with Crippen molar-refractivity contribution >= 4 is 11.5 Å². The lowest BCUT2D eigenvalue weighted by Gasteiger charge is -2.40. The van der Waals surface area contributed by atoms with Gasteiger partial charge in [-0.1, -0.05) is 42.0 Å². The van der Waals surface area contributed by atoms with Crippen LogP contribution < -0.4 is 15.4 Å². The molecular formula is C33H30F3N3O2. The van der Waals surface area contributed by atoms with E-state index in [1.807, 2.05) is 57.2 Å². The van der Waals surface area contributed by atoms with Crippen molar-refractivity contribution in [3.05, 3.63) is 117 Å². The quantitative estimate of drug-likeness (QED) is 0.351. The molecule has 0 aromatic heterocycles. The summed E-state index contributed by atoms with van der Waals surface area (Å²) in [7, 11) is 0. The number of para-hydroxylation sites is 1. The number of nitrogens with two attached hydrogens (primary N) is 1. The first kappa shape index (κ1) is 28.0. The van der Waals surface area contributed by atoms with E-state index in [0.717, 1.165) is 28.3 Å².